The summed E-state index contributed by atoms with van der Waals surface area (Å²) >= 11 is 7.58. The minimum atomic E-state index is -3.82. The molecule has 0 heterocycles. The van der Waals surface area contributed by atoms with Gasteiger partial charge in [-0.1, -0.05) is 29.8 Å². The number of sulfonamides is 1. The number of anilines is 2. The van der Waals surface area contributed by atoms with E-state index >= 15 is 0 Å². The van der Waals surface area contributed by atoms with Gasteiger partial charge in [-0.05, 0) is 60.9 Å². The topological polar surface area (TPSA) is 75.3 Å². The van der Waals surface area contributed by atoms with Crippen LogP contribution in [-0.2, 0) is 10.0 Å². The van der Waals surface area contributed by atoms with Gasteiger partial charge in [0.25, 0.3) is 15.9 Å². The van der Waals surface area contributed by atoms with Gasteiger partial charge in [-0.2, -0.15) is 0 Å². The first kappa shape index (κ1) is 20.3. The lowest BCUT2D eigenvalue weighted by molar-refractivity contribution is 0.102. The first-order chi connectivity index (χ1) is 13.4. The quantitative estimate of drug-likeness (QED) is 0.530. The van der Waals surface area contributed by atoms with Gasteiger partial charge in [-0.25, -0.2) is 8.42 Å². The normalized spacial score (nSPS) is 11.1. The molecule has 3 rings (SSSR count). The zero-order chi connectivity index (χ0) is 20.1. The van der Waals surface area contributed by atoms with Crippen molar-refractivity contribution in [1.29, 1.82) is 0 Å². The number of rotatable bonds is 6. The van der Waals surface area contributed by atoms with Gasteiger partial charge in [0.2, 0.25) is 0 Å². The zero-order valence-electron chi connectivity index (χ0n) is 14.8. The first-order valence-electron chi connectivity index (χ1n) is 8.22. The third-order valence-electron chi connectivity index (χ3n) is 3.87. The molecule has 5 nitrogen and oxygen atoms in total. The van der Waals surface area contributed by atoms with Crippen LogP contribution in [0.15, 0.2) is 82.6 Å². The molecule has 0 saturated heterocycles. The Bertz CT molecular complexity index is 1100. The maximum atomic E-state index is 12.5. The van der Waals surface area contributed by atoms with Crippen molar-refractivity contribution in [3.8, 4) is 0 Å². The summed E-state index contributed by atoms with van der Waals surface area (Å²) in [6, 6.07) is 19.7. The molecule has 0 bridgehead atoms. The fourth-order valence-electron chi connectivity index (χ4n) is 2.44. The fourth-order valence-corrected chi connectivity index (χ4v) is 4.22. The highest BCUT2D eigenvalue weighted by atomic mass is 35.5. The number of carbonyl (C=O) groups is 1. The van der Waals surface area contributed by atoms with Crippen LogP contribution in [0.5, 0.6) is 0 Å². The van der Waals surface area contributed by atoms with Crippen LogP contribution in [0.25, 0.3) is 0 Å². The van der Waals surface area contributed by atoms with Crippen molar-refractivity contribution in [3.05, 3.63) is 83.4 Å². The van der Waals surface area contributed by atoms with Gasteiger partial charge < -0.3 is 5.32 Å². The van der Waals surface area contributed by atoms with Crippen molar-refractivity contribution in [1.82, 2.24) is 0 Å². The molecule has 2 N–H and O–H groups in total. The second-order valence-corrected chi connectivity index (χ2v) is 8.77. The van der Waals surface area contributed by atoms with Crippen LogP contribution >= 0.6 is 23.4 Å². The summed E-state index contributed by atoms with van der Waals surface area (Å²) in [6.07, 6.45) is 1.96. The molecule has 0 saturated carbocycles. The Labute approximate surface area is 173 Å². The summed E-state index contributed by atoms with van der Waals surface area (Å²) in [4.78, 5) is 13.5. The van der Waals surface area contributed by atoms with Crippen molar-refractivity contribution in [2.24, 2.45) is 0 Å². The van der Waals surface area contributed by atoms with E-state index in [9.17, 15) is 13.2 Å². The number of carbonyl (C=O) groups excluding carboxylic acids is 1. The van der Waals surface area contributed by atoms with E-state index in [2.05, 4.69) is 10.0 Å². The summed E-state index contributed by atoms with van der Waals surface area (Å²) < 4.78 is 27.5. The molecule has 3 aromatic rings. The Morgan fingerprint density at radius 2 is 1.68 bits per heavy atom. The Morgan fingerprint density at radius 1 is 0.964 bits per heavy atom. The van der Waals surface area contributed by atoms with E-state index in [1.165, 1.54) is 24.3 Å². The molecule has 8 heteroatoms. The molecule has 0 aliphatic heterocycles. The number of halogens is 1. The van der Waals surface area contributed by atoms with Gasteiger partial charge in [-0.3, -0.25) is 9.52 Å². The van der Waals surface area contributed by atoms with E-state index in [-0.39, 0.29) is 10.8 Å². The molecule has 0 spiro atoms. The molecule has 0 radical (unpaired) electrons. The van der Waals surface area contributed by atoms with Crippen molar-refractivity contribution in [3.63, 3.8) is 0 Å². The average molecular weight is 433 g/mol. The SMILES string of the molecule is CSc1cccc(NC(=O)c2ccc(S(=O)(=O)Nc3ccccc3Cl)cc2)c1. The lowest BCUT2D eigenvalue weighted by Gasteiger charge is -2.10. The highest BCUT2D eigenvalue weighted by Crippen LogP contribution is 2.24. The largest absolute Gasteiger partial charge is 0.322 e. The van der Waals surface area contributed by atoms with Crippen molar-refractivity contribution in [2.75, 3.05) is 16.3 Å². The lowest BCUT2D eigenvalue weighted by atomic mass is 10.2. The Morgan fingerprint density at radius 3 is 2.36 bits per heavy atom. The third-order valence-corrected chi connectivity index (χ3v) is 6.31. The standard InChI is InChI=1S/C20H17ClN2O3S2/c1-27-16-6-4-5-15(13-16)22-20(24)14-9-11-17(12-10-14)28(25,26)23-19-8-3-2-7-18(19)21/h2-13,23H,1H3,(H,22,24). The Balaban J connectivity index is 1.75. The monoisotopic (exact) mass is 432 g/mol. The van der Waals surface area contributed by atoms with Crippen LogP contribution in [0.3, 0.4) is 0 Å². The molecule has 3 aromatic carbocycles. The Hall–Kier alpha value is -2.48. The van der Waals surface area contributed by atoms with E-state index in [1.807, 2.05) is 24.5 Å². The molecule has 0 fully saturated rings. The van der Waals surface area contributed by atoms with Gasteiger partial charge in [-0.15, -0.1) is 11.8 Å². The smallest absolute Gasteiger partial charge is 0.261 e. The van der Waals surface area contributed by atoms with E-state index in [0.29, 0.717) is 22.0 Å². The molecule has 0 unspecified atom stereocenters. The summed E-state index contributed by atoms with van der Waals surface area (Å²) in [7, 11) is -3.82. The Kier molecular flexibility index (Phi) is 6.28. The van der Waals surface area contributed by atoms with E-state index < -0.39 is 10.0 Å². The summed E-state index contributed by atoms with van der Waals surface area (Å²) in [5.41, 5.74) is 1.32. The van der Waals surface area contributed by atoms with Crippen LogP contribution in [0.2, 0.25) is 5.02 Å². The number of para-hydroxylation sites is 1. The number of amides is 1. The molecule has 1 amide bonds. The number of thioether (sulfide) groups is 1. The first-order valence-corrected chi connectivity index (χ1v) is 11.3. The van der Waals surface area contributed by atoms with Crippen molar-refractivity contribution in [2.45, 2.75) is 9.79 Å². The predicted molar refractivity (Wildman–Crippen MR) is 115 cm³/mol. The number of nitrogens with one attached hydrogen (secondary N) is 2. The molecule has 144 valence electrons. The van der Waals surface area contributed by atoms with Gasteiger partial charge in [0.1, 0.15) is 0 Å². The molecule has 28 heavy (non-hydrogen) atoms. The van der Waals surface area contributed by atoms with Crippen LogP contribution in [0.1, 0.15) is 10.4 Å². The van der Waals surface area contributed by atoms with E-state index in [1.54, 1.807) is 42.1 Å². The van der Waals surface area contributed by atoms with Crippen molar-refractivity contribution < 1.29 is 13.2 Å². The maximum absolute atomic E-state index is 12.5. The molecule has 0 aliphatic rings. The van der Waals surface area contributed by atoms with Crippen LogP contribution in [0, 0.1) is 0 Å². The zero-order valence-corrected chi connectivity index (χ0v) is 17.2. The molecular weight excluding hydrogens is 416 g/mol. The van der Waals surface area contributed by atoms with E-state index in [4.69, 9.17) is 11.6 Å². The minimum Gasteiger partial charge on any atom is -0.322 e. The highest BCUT2D eigenvalue weighted by Gasteiger charge is 2.16. The number of hydrogen-bond donors (Lipinski definition) is 2. The third kappa shape index (κ3) is 4.86. The fraction of sp³-hybridized carbons (Fsp3) is 0.0500. The second kappa shape index (κ2) is 8.68. The van der Waals surface area contributed by atoms with Crippen LogP contribution in [-0.4, -0.2) is 20.6 Å². The highest BCUT2D eigenvalue weighted by molar-refractivity contribution is 7.98. The molecule has 0 atom stereocenters. The lowest BCUT2D eigenvalue weighted by Crippen LogP contribution is -2.15. The van der Waals surface area contributed by atoms with Gasteiger partial charge in [0.05, 0.1) is 15.6 Å². The number of benzene rings is 3. The summed E-state index contributed by atoms with van der Waals surface area (Å²) in [5.74, 6) is -0.318. The van der Waals surface area contributed by atoms with Gasteiger partial charge in [0.15, 0.2) is 0 Å². The molecular formula is C20H17ClN2O3S2. The number of hydrogen-bond acceptors (Lipinski definition) is 4. The predicted octanol–water partition coefficient (Wildman–Crippen LogP) is 5.12. The molecule has 0 aliphatic carbocycles. The molecule has 0 aromatic heterocycles. The van der Waals surface area contributed by atoms with Crippen molar-refractivity contribution >= 4 is 50.7 Å². The second-order valence-electron chi connectivity index (χ2n) is 5.80. The van der Waals surface area contributed by atoms with Crippen LogP contribution < -0.4 is 10.0 Å². The van der Waals surface area contributed by atoms with E-state index in [0.717, 1.165) is 4.90 Å². The minimum absolute atomic E-state index is 0.0355. The van der Waals surface area contributed by atoms with Crippen LogP contribution in [0.4, 0.5) is 11.4 Å². The van der Waals surface area contributed by atoms with Gasteiger partial charge in [0, 0.05) is 16.1 Å². The average Bonchev–Trinajstić information content (AvgIpc) is 2.70. The summed E-state index contributed by atoms with van der Waals surface area (Å²) in [5, 5.41) is 3.10. The maximum Gasteiger partial charge on any atom is 0.261 e. The summed E-state index contributed by atoms with van der Waals surface area (Å²) in [6.45, 7) is 0. The van der Waals surface area contributed by atoms with Gasteiger partial charge >= 0.3 is 0 Å².